The van der Waals surface area contributed by atoms with E-state index in [0.717, 1.165) is 31.6 Å². The molecule has 1 saturated heterocycles. The molecule has 0 saturated carbocycles. The van der Waals surface area contributed by atoms with Gasteiger partial charge in [-0.2, -0.15) is 0 Å². The number of carbonyl (C=O) groups excluding carboxylic acids is 1. The second-order valence-corrected chi connectivity index (χ2v) is 4.69. The highest BCUT2D eigenvalue weighted by molar-refractivity contribution is 5.89. The summed E-state index contributed by atoms with van der Waals surface area (Å²) in [6, 6.07) is 7.54. The molecule has 0 aliphatic carbocycles. The molecule has 2 rings (SSSR count). The molecule has 1 fully saturated rings. The van der Waals surface area contributed by atoms with Gasteiger partial charge in [-0.05, 0) is 49.6 Å². The van der Waals surface area contributed by atoms with E-state index in [9.17, 15) is 4.79 Å². The number of hydrogen-bond acceptors (Lipinski definition) is 4. The molecule has 1 aromatic carbocycles. The van der Waals surface area contributed by atoms with Crippen molar-refractivity contribution in [3.8, 4) is 0 Å². The van der Waals surface area contributed by atoms with Gasteiger partial charge in [0.2, 0.25) is 0 Å². The maximum absolute atomic E-state index is 11.6. The highest BCUT2D eigenvalue weighted by Crippen LogP contribution is 2.22. The molecular formula is C14H18N4O2. The van der Waals surface area contributed by atoms with Crippen LogP contribution in [0.3, 0.4) is 0 Å². The minimum Gasteiger partial charge on any atom is -0.462 e. The Labute approximate surface area is 118 Å². The van der Waals surface area contributed by atoms with Gasteiger partial charge in [0.1, 0.15) is 0 Å². The van der Waals surface area contributed by atoms with Gasteiger partial charge in [-0.1, -0.05) is 5.11 Å². The lowest BCUT2D eigenvalue weighted by Gasteiger charge is -2.31. The first-order valence-corrected chi connectivity index (χ1v) is 6.81. The summed E-state index contributed by atoms with van der Waals surface area (Å²) < 4.78 is 4.96. The predicted molar refractivity (Wildman–Crippen MR) is 76.8 cm³/mol. The molecule has 0 aromatic heterocycles. The number of esters is 1. The lowest BCUT2D eigenvalue weighted by atomic mass is 10.0. The predicted octanol–water partition coefficient (Wildman–Crippen LogP) is 3.14. The number of rotatable bonds is 4. The van der Waals surface area contributed by atoms with Crippen LogP contribution in [0.15, 0.2) is 29.4 Å². The molecular weight excluding hydrogens is 256 g/mol. The molecule has 1 aromatic rings. The molecule has 6 nitrogen and oxygen atoms in total. The van der Waals surface area contributed by atoms with Gasteiger partial charge < -0.3 is 9.64 Å². The van der Waals surface area contributed by atoms with E-state index in [1.807, 2.05) is 12.1 Å². The number of ether oxygens (including phenoxy) is 1. The van der Waals surface area contributed by atoms with Crippen LogP contribution in [0.1, 0.15) is 30.1 Å². The fraction of sp³-hybridized carbons (Fsp3) is 0.500. The van der Waals surface area contributed by atoms with Crippen molar-refractivity contribution < 1.29 is 9.53 Å². The van der Waals surface area contributed by atoms with Crippen molar-refractivity contribution in [1.29, 1.82) is 0 Å². The second-order valence-electron chi connectivity index (χ2n) is 4.69. The number of piperidine rings is 1. The summed E-state index contributed by atoms with van der Waals surface area (Å²) in [5.41, 5.74) is 10.1. The van der Waals surface area contributed by atoms with Crippen LogP contribution in [0.25, 0.3) is 10.4 Å². The fourth-order valence-corrected chi connectivity index (χ4v) is 2.34. The molecule has 0 bridgehead atoms. The van der Waals surface area contributed by atoms with E-state index in [1.165, 1.54) is 0 Å². The van der Waals surface area contributed by atoms with Gasteiger partial charge >= 0.3 is 5.97 Å². The summed E-state index contributed by atoms with van der Waals surface area (Å²) in [6.45, 7) is 3.90. The molecule has 1 aliphatic rings. The number of hydrogen-bond donors (Lipinski definition) is 0. The monoisotopic (exact) mass is 274 g/mol. The van der Waals surface area contributed by atoms with Crippen molar-refractivity contribution in [3.63, 3.8) is 0 Å². The van der Waals surface area contributed by atoms with Crippen LogP contribution in [-0.2, 0) is 4.74 Å². The molecule has 0 N–H and O–H groups in total. The van der Waals surface area contributed by atoms with Crippen molar-refractivity contribution in [1.82, 2.24) is 0 Å². The van der Waals surface area contributed by atoms with Crippen LogP contribution < -0.4 is 4.90 Å². The SMILES string of the molecule is CCOC(=O)c1ccc(N2CCC(N=[N+]=[N-])CC2)cc1. The Hall–Kier alpha value is -2.20. The average molecular weight is 274 g/mol. The Bertz CT molecular complexity index is 500. The first-order valence-electron chi connectivity index (χ1n) is 6.81. The van der Waals surface area contributed by atoms with Crippen LogP contribution in [0.4, 0.5) is 5.69 Å². The zero-order valence-corrected chi connectivity index (χ0v) is 11.5. The van der Waals surface area contributed by atoms with Crippen LogP contribution in [0, 0.1) is 0 Å². The Kier molecular flexibility index (Phi) is 4.85. The van der Waals surface area contributed by atoms with Crippen molar-refractivity contribution in [2.75, 3.05) is 24.6 Å². The number of benzene rings is 1. The van der Waals surface area contributed by atoms with Crippen LogP contribution in [0.5, 0.6) is 0 Å². The summed E-state index contributed by atoms with van der Waals surface area (Å²) in [5.74, 6) is -0.291. The molecule has 0 spiro atoms. The zero-order chi connectivity index (χ0) is 14.4. The van der Waals surface area contributed by atoms with Crippen molar-refractivity contribution in [2.45, 2.75) is 25.8 Å². The first kappa shape index (κ1) is 14.2. The van der Waals surface area contributed by atoms with Gasteiger partial charge in [0.25, 0.3) is 0 Å². The summed E-state index contributed by atoms with van der Waals surface area (Å²) in [4.78, 5) is 16.7. The Morgan fingerprint density at radius 1 is 1.40 bits per heavy atom. The zero-order valence-electron chi connectivity index (χ0n) is 11.5. The summed E-state index contributed by atoms with van der Waals surface area (Å²) >= 11 is 0. The van der Waals surface area contributed by atoms with Gasteiger partial charge in [-0.15, -0.1) is 0 Å². The highest BCUT2D eigenvalue weighted by atomic mass is 16.5. The summed E-state index contributed by atoms with van der Waals surface area (Å²) in [6.07, 6.45) is 1.73. The number of carbonyl (C=O) groups is 1. The Balaban J connectivity index is 1.97. The van der Waals surface area contributed by atoms with E-state index in [4.69, 9.17) is 10.3 Å². The topological polar surface area (TPSA) is 78.3 Å². The standard InChI is InChI=1S/C14H18N4O2/c1-2-20-14(19)11-3-5-13(6-4-11)18-9-7-12(8-10-18)16-17-15/h3-6,12H,2,7-10H2,1H3. The molecule has 106 valence electrons. The normalized spacial score (nSPS) is 15.6. The van der Waals surface area contributed by atoms with Gasteiger partial charge in [0.05, 0.1) is 12.2 Å². The van der Waals surface area contributed by atoms with Gasteiger partial charge in [-0.3, -0.25) is 0 Å². The van der Waals surface area contributed by atoms with E-state index in [2.05, 4.69) is 14.9 Å². The van der Waals surface area contributed by atoms with E-state index in [0.29, 0.717) is 12.2 Å². The fourth-order valence-electron chi connectivity index (χ4n) is 2.34. The Morgan fingerprint density at radius 3 is 2.60 bits per heavy atom. The maximum Gasteiger partial charge on any atom is 0.338 e. The van der Waals surface area contributed by atoms with Crippen LogP contribution >= 0.6 is 0 Å². The van der Waals surface area contributed by atoms with Gasteiger partial charge in [0.15, 0.2) is 0 Å². The summed E-state index contributed by atoms with van der Waals surface area (Å²) in [5, 5.41) is 3.76. The molecule has 0 amide bonds. The molecule has 1 heterocycles. The summed E-state index contributed by atoms with van der Waals surface area (Å²) in [7, 11) is 0. The Morgan fingerprint density at radius 2 is 2.05 bits per heavy atom. The third kappa shape index (κ3) is 3.42. The van der Waals surface area contributed by atoms with Gasteiger partial charge in [-0.25, -0.2) is 4.79 Å². The maximum atomic E-state index is 11.6. The molecule has 1 aliphatic heterocycles. The molecule has 0 unspecified atom stereocenters. The molecule has 20 heavy (non-hydrogen) atoms. The largest absolute Gasteiger partial charge is 0.462 e. The lowest BCUT2D eigenvalue weighted by Crippen LogP contribution is -2.35. The first-order chi connectivity index (χ1) is 9.74. The number of anilines is 1. The smallest absolute Gasteiger partial charge is 0.338 e. The van der Waals surface area contributed by atoms with E-state index in [1.54, 1.807) is 19.1 Å². The highest BCUT2D eigenvalue weighted by Gasteiger charge is 2.18. The molecule has 0 atom stereocenters. The number of azide groups is 1. The quantitative estimate of drug-likeness (QED) is 0.366. The van der Waals surface area contributed by atoms with Crippen molar-refractivity contribution in [3.05, 3.63) is 40.3 Å². The van der Waals surface area contributed by atoms with E-state index < -0.39 is 0 Å². The number of nitrogens with zero attached hydrogens (tertiary/aromatic N) is 4. The van der Waals surface area contributed by atoms with Crippen LogP contribution in [0.2, 0.25) is 0 Å². The van der Waals surface area contributed by atoms with Crippen LogP contribution in [-0.4, -0.2) is 31.7 Å². The average Bonchev–Trinajstić information content (AvgIpc) is 2.49. The van der Waals surface area contributed by atoms with Gasteiger partial charge in [0, 0.05) is 29.7 Å². The van der Waals surface area contributed by atoms with Crippen molar-refractivity contribution in [2.24, 2.45) is 5.11 Å². The second kappa shape index (κ2) is 6.82. The lowest BCUT2D eigenvalue weighted by molar-refractivity contribution is 0.0526. The molecule has 6 heteroatoms. The minimum absolute atomic E-state index is 0.107. The van der Waals surface area contributed by atoms with E-state index >= 15 is 0 Å². The third-order valence-corrected chi connectivity index (χ3v) is 3.42. The third-order valence-electron chi connectivity index (χ3n) is 3.42. The van der Waals surface area contributed by atoms with Crippen molar-refractivity contribution >= 4 is 11.7 Å². The molecule has 0 radical (unpaired) electrons. The minimum atomic E-state index is -0.291. The van der Waals surface area contributed by atoms with E-state index in [-0.39, 0.29) is 12.0 Å².